The number of carbonyl (C=O) groups is 2. The lowest BCUT2D eigenvalue weighted by atomic mass is 10.0. The Morgan fingerprint density at radius 3 is 2.53 bits per heavy atom. The number of hydrogen-bond donors (Lipinski definition) is 3. The molecule has 1 heterocycles. The molecule has 9 heteroatoms. The third-order valence-corrected chi connectivity index (χ3v) is 5.38. The van der Waals surface area contributed by atoms with Crippen molar-refractivity contribution in [2.24, 2.45) is 0 Å². The molecular weight excluding hydrogens is 440 g/mol. The summed E-state index contributed by atoms with van der Waals surface area (Å²) in [4.78, 5) is 23.1. The maximum absolute atomic E-state index is 11.9. The molecular formula is C25H32N2O7. The zero-order valence-electron chi connectivity index (χ0n) is 19.8. The molecule has 9 nitrogen and oxygen atoms in total. The summed E-state index contributed by atoms with van der Waals surface area (Å²) >= 11 is 0. The molecule has 0 radical (unpaired) electrons. The van der Waals surface area contributed by atoms with Gasteiger partial charge in [0.15, 0.2) is 17.3 Å². The summed E-state index contributed by atoms with van der Waals surface area (Å²) in [6.45, 7) is 2.50. The average Bonchev–Trinajstić information content (AvgIpc) is 2.83. The van der Waals surface area contributed by atoms with Crippen LogP contribution >= 0.6 is 0 Å². The quantitative estimate of drug-likeness (QED) is 0.380. The Hall–Kier alpha value is -3.30. The van der Waals surface area contributed by atoms with E-state index in [4.69, 9.17) is 18.9 Å². The number of hydrogen-bond acceptors (Lipinski definition) is 8. The lowest BCUT2D eigenvalue weighted by molar-refractivity contribution is -0.119. The SMILES string of the molecule is COc1ccc(CCNCC(O)COc2ccc(OCC(C)=O)c3c2CCC(=O)N3)cc1OC. The summed E-state index contributed by atoms with van der Waals surface area (Å²) in [5.41, 5.74) is 2.42. The second-order valence-electron chi connectivity index (χ2n) is 8.06. The first-order chi connectivity index (χ1) is 16.4. The first kappa shape index (κ1) is 25.3. The van der Waals surface area contributed by atoms with Gasteiger partial charge in [-0.15, -0.1) is 0 Å². The molecule has 1 amide bonds. The number of amides is 1. The fourth-order valence-electron chi connectivity index (χ4n) is 3.65. The zero-order chi connectivity index (χ0) is 24.5. The van der Waals surface area contributed by atoms with Crippen molar-refractivity contribution >= 4 is 17.4 Å². The molecule has 0 saturated heterocycles. The predicted octanol–water partition coefficient (Wildman–Crippen LogP) is 2.13. The fraction of sp³-hybridized carbons (Fsp3) is 0.440. The number of fused-ring (bicyclic) bond motifs is 1. The lowest BCUT2D eigenvalue weighted by Crippen LogP contribution is -2.32. The third-order valence-electron chi connectivity index (χ3n) is 5.38. The van der Waals surface area contributed by atoms with Crippen LogP contribution in [0.1, 0.15) is 24.5 Å². The number of aliphatic hydroxyl groups excluding tert-OH is 1. The summed E-state index contributed by atoms with van der Waals surface area (Å²) in [6, 6.07) is 9.19. The zero-order valence-corrected chi connectivity index (χ0v) is 19.8. The molecule has 184 valence electrons. The molecule has 0 spiro atoms. The Morgan fingerprint density at radius 1 is 1.06 bits per heavy atom. The van der Waals surface area contributed by atoms with Crippen molar-refractivity contribution in [1.82, 2.24) is 5.32 Å². The van der Waals surface area contributed by atoms with Gasteiger partial charge in [-0.25, -0.2) is 0 Å². The number of nitrogens with one attached hydrogen (secondary N) is 2. The standard InChI is InChI=1S/C25H32N2O7/c1-16(28)14-33-22-8-7-20(19-5-9-24(30)27-25(19)22)34-15-18(29)13-26-11-10-17-4-6-21(31-2)23(12-17)32-3/h4,6-8,12,18,26,29H,5,9-11,13-15H2,1-3H3,(H,27,30). The Morgan fingerprint density at radius 2 is 1.79 bits per heavy atom. The van der Waals surface area contributed by atoms with Gasteiger partial charge in [-0.2, -0.15) is 0 Å². The van der Waals surface area contributed by atoms with Crippen LogP contribution in [-0.2, 0) is 22.4 Å². The summed E-state index contributed by atoms with van der Waals surface area (Å²) in [6.07, 6.45) is 0.878. The van der Waals surface area contributed by atoms with Crippen molar-refractivity contribution in [2.45, 2.75) is 32.3 Å². The Labute approximate surface area is 199 Å². The second kappa shape index (κ2) is 12.2. The van der Waals surface area contributed by atoms with E-state index >= 15 is 0 Å². The van der Waals surface area contributed by atoms with Crippen molar-refractivity contribution in [3.05, 3.63) is 41.5 Å². The molecule has 0 aromatic heterocycles. The maximum Gasteiger partial charge on any atom is 0.224 e. The van der Waals surface area contributed by atoms with Gasteiger partial charge in [0.25, 0.3) is 0 Å². The lowest BCUT2D eigenvalue weighted by Gasteiger charge is -2.23. The minimum absolute atomic E-state index is 0.0732. The predicted molar refractivity (Wildman–Crippen MR) is 127 cm³/mol. The Kier molecular flexibility index (Phi) is 9.12. The molecule has 0 saturated carbocycles. The van der Waals surface area contributed by atoms with E-state index in [0.29, 0.717) is 54.6 Å². The van der Waals surface area contributed by atoms with E-state index in [1.165, 1.54) is 6.92 Å². The van der Waals surface area contributed by atoms with E-state index in [2.05, 4.69) is 10.6 Å². The molecule has 0 aliphatic carbocycles. The highest BCUT2D eigenvalue weighted by Crippen LogP contribution is 2.39. The van der Waals surface area contributed by atoms with Crippen LogP contribution in [0.2, 0.25) is 0 Å². The van der Waals surface area contributed by atoms with Gasteiger partial charge in [-0.3, -0.25) is 9.59 Å². The number of methoxy groups -OCH3 is 2. The largest absolute Gasteiger partial charge is 0.493 e. The van der Waals surface area contributed by atoms with Crippen molar-refractivity contribution in [3.8, 4) is 23.0 Å². The number of anilines is 1. The number of carbonyl (C=O) groups excluding carboxylic acids is 2. The van der Waals surface area contributed by atoms with Gasteiger partial charge in [-0.1, -0.05) is 6.07 Å². The first-order valence-electron chi connectivity index (χ1n) is 11.2. The minimum atomic E-state index is -0.715. The molecule has 2 aromatic carbocycles. The molecule has 1 aliphatic heterocycles. The first-order valence-corrected chi connectivity index (χ1v) is 11.2. The number of ketones is 1. The van der Waals surface area contributed by atoms with Crippen LogP contribution in [0.25, 0.3) is 0 Å². The van der Waals surface area contributed by atoms with E-state index in [9.17, 15) is 14.7 Å². The monoisotopic (exact) mass is 472 g/mol. The van der Waals surface area contributed by atoms with E-state index in [0.717, 1.165) is 17.5 Å². The summed E-state index contributed by atoms with van der Waals surface area (Å²) in [5, 5.41) is 16.4. The van der Waals surface area contributed by atoms with E-state index in [1.807, 2.05) is 18.2 Å². The highest BCUT2D eigenvalue weighted by molar-refractivity contribution is 5.96. The van der Waals surface area contributed by atoms with Crippen LogP contribution in [0.4, 0.5) is 5.69 Å². The molecule has 1 aliphatic rings. The normalized spacial score (nSPS) is 13.5. The maximum atomic E-state index is 11.9. The highest BCUT2D eigenvalue weighted by Gasteiger charge is 2.23. The fourth-order valence-corrected chi connectivity index (χ4v) is 3.65. The molecule has 1 unspecified atom stereocenters. The van der Waals surface area contributed by atoms with Crippen molar-refractivity contribution in [3.63, 3.8) is 0 Å². The molecule has 1 atom stereocenters. The topological polar surface area (TPSA) is 115 Å². The second-order valence-corrected chi connectivity index (χ2v) is 8.06. The van der Waals surface area contributed by atoms with Gasteiger partial charge in [0, 0.05) is 18.5 Å². The summed E-state index contributed by atoms with van der Waals surface area (Å²) in [7, 11) is 3.21. The van der Waals surface area contributed by atoms with Gasteiger partial charge in [0.2, 0.25) is 5.91 Å². The highest BCUT2D eigenvalue weighted by atomic mass is 16.5. The average molecular weight is 473 g/mol. The van der Waals surface area contributed by atoms with Crippen LogP contribution < -0.4 is 29.6 Å². The number of ether oxygens (including phenoxy) is 4. The minimum Gasteiger partial charge on any atom is -0.493 e. The molecule has 0 bridgehead atoms. The Bertz CT molecular complexity index is 1010. The molecule has 2 aromatic rings. The van der Waals surface area contributed by atoms with Crippen molar-refractivity contribution < 1.29 is 33.6 Å². The molecule has 3 N–H and O–H groups in total. The molecule has 0 fully saturated rings. The number of rotatable bonds is 13. The van der Waals surface area contributed by atoms with Gasteiger partial charge in [-0.05, 0) is 56.1 Å². The van der Waals surface area contributed by atoms with E-state index in [-0.39, 0.29) is 24.9 Å². The van der Waals surface area contributed by atoms with Crippen LogP contribution in [-0.4, -0.2) is 63.4 Å². The van der Waals surface area contributed by atoms with Crippen molar-refractivity contribution in [2.75, 3.05) is 45.8 Å². The summed E-state index contributed by atoms with van der Waals surface area (Å²) < 4.78 is 22.0. The Balaban J connectivity index is 1.50. The van der Waals surface area contributed by atoms with Gasteiger partial charge < -0.3 is 34.7 Å². The number of benzene rings is 2. The summed E-state index contributed by atoms with van der Waals surface area (Å²) in [5.74, 6) is 2.16. The van der Waals surface area contributed by atoms with Gasteiger partial charge in [0.1, 0.15) is 30.8 Å². The number of Topliss-reactive ketones (excluding diaryl/α,β-unsaturated/α-hetero) is 1. The van der Waals surface area contributed by atoms with E-state index < -0.39 is 6.10 Å². The van der Waals surface area contributed by atoms with Crippen LogP contribution in [0.3, 0.4) is 0 Å². The third kappa shape index (κ3) is 6.85. The molecule has 3 rings (SSSR count). The number of aliphatic hydroxyl groups is 1. The van der Waals surface area contributed by atoms with Crippen molar-refractivity contribution in [1.29, 1.82) is 0 Å². The smallest absolute Gasteiger partial charge is 0.224 e. The van der Waals surface area contributed by atoms with Gasteiger partial charge >= 0.3 is 0 Å². The molecule has 34 heavy (non-hydrogen) atoms. The van der Waals surface area contributed by atoms with Crippen LogP contribution in [0.5, 0.6) is 23.0 Å². The van der Waals surface area contributed by atoms with Crippen LogP contribution in [0, 0.1) is 0 Å². The van der Waals surface area contributed by atoms with Gasteiger partial charge in [0.05, 0.1) is 19.9 Å². The van der Waals surface area contributed by atoms with Crippen LogP contribution in [0.15, 0.2) is 30.3 Å². The van der Waals surface area contributed by atoms with E-state index in [1.54, 1.807) is 26.4 Å².